The minimum absolute atomic E-state index is 0.0157. The maximum atomic E-state index is 11.5. The van der Waals surface area contributed by atoms with Crippen molar-refractivity contribution < 1.29 is 4.79 Å². The van der Waals surface area contributed by atoms with E-state index in [1.165, 1.54) is 36.1 Å². The zero-order chi connectivity index (χ0) is 15.4. The molecule has 0 bridgehead atoms. The van der Waals surface area contributed by atoms with E-state index in [1.54, 1.807) is 4.90 Å². The molecule has 21 heavy (non-hydrogen) atoms. The molecule has 9 heteroatoms. The average molecular weight is 324 g/mol. The van der Waals surface area contributed by atoms with E-state index in [1.807, 2.05) is 12.3 Å². The van der Waals surface area contributed by atoms with E-state index in [2.05, 4.69) is 15.0 Å². The largest absolute Gasteiger partial charge is 0.383 e. The minimum atomic E-state index is -0.0157. The average Bonchev–Trinajstić information content (AvgIpc) is 2.84. The van der Waals surface area contributed by atoms with E-state index in [0.717, 1.165) is 5.69 Å². The number of thiazole rings is 1. The molecule has 112 valence electrons. The van der Waals surface area contributed by atoms with Crippen LogP contribution in [-0.2, 0) is 10.5 Å². The molecule has 0 atom stereocenters. The number of thioether (sulfide) groups is 1. The summed E-state index contributed by atoms with van der Waals surface area (Å²) in [6.07, 6.45) is 0. The third-order valence-electron chi connectivity index (χ3n) is 2.56. The van der Waals surface area contributed by atoms with Crippen LogP contribution in [0.4, 0.5) is 16.8 Å². The summed E-state index contributed by atoms with van der Waals surface area (Å²) in [4.78, 5) is 25.8. The summed E-state index contributed by atoms with van der Waals surface area (Å²) in [6.45, 7) is 4.05. The molecule has 0 saturated carbocycles. The standard InChI is InChI=1S/C12H16N6OS2/c1-3-18(7(2)19)12-15-8(6-21-12)5-20-11-16-9(13)4-10(14)17-11/h4,6H,3,5H2,1-2H3,(H4,13,14,16,17). The van der Waals surface area contributed by atoms with Crippen LogP contribution in [0.1, 0.15) is 19.5 Å². The van der Waals surface area contributed by atoms with Crippen molar-refractivity contribution in [2.24, 2.45) is 0 Å². The first kappa shape index (κ1) is 15.5. The topological polar surface area (TPSA) is 111 Å². The Hall–Kier alpha value is -1.87. The van der Waals surface area contributed by atoms with Gasteiger partial charge in [0.25, 0.3) is 0 Å². The molecule has 7 nitrogen and oxygen atoms in total. The number of anilines is 3. The van der Waals surface area contributed by atoms with Gasteiger partial charge in [-0.1, -0.05) is 11.8 Å². The molecular formula is C12H16N6OS2. The Morgan fingerprint density at radius 3 is 2.57 bits per heavy atom. The van der Waals surface area contributed by atoms with E-state index in [0.29, 0.717) is 34.2 Å². The molecular weight excluding hydrogens is 308 g/mol. The van der Waals surface area contributed by atoms with Crippen LogP contribution in [0.15, 0.2) is 16.6 Å². The highest BCUT2D eigenvalue weighted by atomic mass is 32.2. The van der Waals surface area contributed by atoms with Crippen LogP contribution in [0.2, 0.25) is 0 Å². The molecule has 0 spiro atoms. The maximum Gasteiger partial charge on any atom is 0.225 e. The highest BCUT2D eigenvalue weighted by Crippen LogP contribution is 2.26. The van der Waals surface area contributed by atoms with E-state index in [9.17, 15) is 4.79 Å². The number of aromatic nitrogens is 3. The fraction of sp³-hybridized carbons (Fsp3) is 0.333. The summed E-state index contributed by atoms with van der Waals surface area (Å²) < 4.78 is 0. The summed E-state index contributed by atoms with van der Waals surface area (Å²) in [7, 11) is 0. The first-order chi connectivity index (χ1) is 9.99. The van der Waals surface area contributed by atoms with Crippen LogP contribution in [-0.4, -0.2) is 27.4 Å². The molecule has 2 heterocycles. The third-order valence-corrected chi connectivity index (χ3v) is 4.35. The van der Waals surface area contributed by atoms with Crippen molar-refractivity contribution in [1.29, 1.82) is 0 Å². The smallest absolute Gasteiger partial charge is 0.225 e. The summed E-state index contributed by atoms with van der Waals surface area (Å²) in [6, 6.07) is 1.51. The highest BCUT2D eigenvalue weighted by molar-refractivity contribution is 7.98. The second-order valence-electron chi connectivity index (χ2n) is 4.17. The number of amides is 1. The Bertz CT molecular complexity index is 624. The van der Waals surface area contributed by atoms with Gasteiger partial charge in [0.15, 0.2) is 10.3 Å². The van der Waals surface area contributed by atoms with Gasteiger partial charge < -0.3 is 11.5 Å². The molecule has 0 fully saturated rings. The lowest BCUT2D eigenvalue weighted by Crippen LogP contribution is -2.27. The predicted molar refractivity (Wildman–Crippen MR) is 86.2 cm³/mol. The van der Waals surface area contributed by atoms with Crippen LogP contribution in [0, 0.1) is 0 Å². The Morgan fingerprint density at radius 1 is 1.33 bits per heavy atom. The molecule has 0 aliphatic carbocycles. The van der Waals surface area contributed by atoms with Crippen molar-refractivity contribution in [3.63, 3.8) is 0 Å². The van der Waals surface area contributed by atoms with Gasteiger partial charge in [-0.15, -0.1) is 11.3 Å². The van der Waals surface area contributed by atoms with Crippen LogP contribution in [0.3, 0.4) is 0 Å². The molecule has 2 aromatic rings. The van der Waals surface area contributed by atoms with Gasteiger partial charge in [-0.25, -0.2) is 15.0 Å². The number of rotatable bonds is 5. The number of nitrogens with two attached hydrogens (primary N) is 2. The second-order valence-corrected chi connectivity index (χ2v) is 5.95. The molecule has 2 aromatic heterocycles. The van der Waals surface area contributed by atoms with E-state index in [-0.39, 0.29) is 5.91 Å². The lowest BCUT2D eigenvalue weighted by molar-refractivity contribution is -0.116. The van der Waals surface area contributed by atoms with Crippen LogP contribution < -0.4 is 16.4 Å². The lowest BCUT2D eigenvalue weighted by Gasteiger charge is -2.14. The molecule has 0 saturated heterocycles. The van der Waals surface area contributed by atoms with E-state index >= 15 is 0 Å². The van der Waals surface area contributed by atoms with Gasteiger partial charge in [0.2, 0.25) is 5.91 Å². The van der Waals surface area contributed by atoms with Crippen LogP contribution in [0.25, 0.3) is 0 Å². The normalized spacial score (nSPS) is 10.6. The Balaban J connectivity index is 2.04. The van der Waals surface area contributed by atoms with E-state index in [4.69, 9.17) is 11.5 Å². The van der Waals surface area contributed by atoms with Gasteiger partial charge in [-0.05, 0) is 6.92 Å². The van der Waals surface area contributed by atoms with Gasteiger partial charge in [-0.3, -0.25) is 9.69 Å². The molecule has 0 unspecified atom stereocenters. The van der Waals surface area contributed by atoms with Crippen LogP contribution in [0.5, 0.6) is 0 Å². The third kappa shape index (κ3) is 4.05. The summed E-state index contributed by atoms with van der Waals surface area (Å²) in [5.74, 6) is 1.27. The molecule has 0 aliphatic heterocycles. The minimum Gasteiger partial charge on any atom is -0.383 e. The second kappa shape index (κ2) is 6.72. The van der Waals surface area contributed by atoms with Crippen molar-refractivity contribution in [2.45, 2.75) is 24.8 Å². The van der Waals surface area contributed by atoms with Crippen molar-refractivity contribution >= 4 is 45.8 Å². The summed E-state index contributed by atoms with van der Waals surface area (Å²) in [5, 5.41) is 3.14. The highest BCUT2D eigenvalue weighted by Gasteiger charge is 2.13. The Kier molecular flexibility index (Phi) is 4.97. The lowest BCUT2D eigenvalue weighted by atomic mass is 10.5. The molecule has 0 radical (unpaired) electrons. The summed E-state index contributed by atoms with van der Waals surface area (Å²) >= 11 is 2.84. The van der Waals surface area contributed by atoms with Gasteiger partial charge in [0.05, 0.1) is 5.69 Å². The number of carbonyl (C=O) groups is 1. The van der Waals surface area contributed by atoms with Gasteiger partial charge in [0.1, 0.15) is 11.6 Å². The fourth-order valence-corrected chi connectivity index (χ4v) is 3.45. The van der Waals surface area contributed by atoms with Crippen LogP contribution >= 0.6 is 23.1 Å². The number of nitrogen functional groups attached to an aromatic ring is 2. The summed E-state index contributed by atoms with van der Waals surface area (Å²) in [5.41, 5.74) is 12.1. The first-order valence-electron chi connectivity index (χ1n) is 6.25. The first-order valence-corrected chi connectivity index (χ1v) is 8.11. The molecule has 0 aromatic carbocycles. The number of hydrogen-bond acceptors (Lipinski definition) is 8. The fourth-order valence-electron chi connectivity index (χ4n) is 1.64. The Labute approximate surface area is 130 Å². The van der Waals surface area contributed by atoms with Crippen molar-refractivity contribution in [3.05, 3.63) is 17.1 Å². The Morgan fingerprint density at radius 2 is 2.00 bits per heavy atom. The van der Waals surface area contributed by atoms with Crippen molar-refractivity contribution in [1.82, 2.24) is 15.0 Å². The molecule has 0 aliphatic rings. The SMILES string of the molecule is CCN(C(C)=O)c1nc(CSc2nc(N)cc(N)n2)cs1. The zero-order valence-corrected chi connectivity index (χ0v) is 13.4. The number of nitrogens with zero attached hydrogens (tertiary/aromatic N) is 4. The van der Waals surface area contributed by atoms with Crippen molar-refractivity contribution in [3.8, 4) is 0 Å². The van der Waals surface area contributed by atoms with E-state index < -0.39 is 0 Å². The van der Waals surface area contributed by atoms with Gasteiger partial charge in [-0.2, -0.15) is 0 Å². The zero-order valence-electron chi connectivity index (χ0n) is 11.7. The van der Waals surface area contributed by atoms with Crippen molar-refractivity contribution in [2.75, 3.05) is 22.9 Å². The quantitative estimate of drug-likeness (QED) is 0.636. The molecule has 1 amide bonds. The number of carbonyl (C=O) groups excluding carboxylic acids is 1. The molecule has 4 N–H and O–H groups in total. The predicted octanol–water partition coefficient (Wildman–Crippen LogP) is 1.76. The monoisotopic (exact) mass is 324 g/mol. The molecule has 2 rings (SSSR count). The number of hydrogen-bond donors (Lipinski definition) is 2. The van der Waals surface area contributed by atoms with Gasteiger partial charge in [0, 0.05) is 30.7 Å². The van der Waals surface area contributed by atoms with Gasteiger partial charge >= 0.3 is 0 Å². The maximum absolute atomic E-state index is 11.5.